The number of hydrogen-bond donors (Lipinski definition) is 2. The lowest BCUT2D eigenvalue weighted by Crippen LogP contribution is -2.70. The lowest BCUT2D eigenvalue weighted by atomic mass is 10.0. The maximum Gasteiger partial charge on any atom is 0.436 e. The third-order valence-corrected chi connectivity index (χ3v) is 7.19. The Labute approximate surface area is 199 Å². The fraction of sp³-hybridized carbons (Fsp3) is 0.526. The van der Waals surface area contributed by atoms with Crippen molar-refractivity contribution in [3.05, 3.63) is 27.7 Å². The van der Waals surface area contributed by atoms with Gasteiger partial charge in [0.05, 0.1) is 10.7 Å². The molecule has 1 aromatic rings. The number of carboxylic acids is 1. The molecule has 0 bridgehead atoms. The second-order valence-electron chi connectivity index (χ2n) is 7.97. The first-order valence-corrected chi connectivity index (χ1v) is 11.5. The number of thioether (sulfide) groups is 1. The van der Waals surface area contributed by atoms with Crippen molar-refractivity contribution in [3.8, 4) is 0 Å². The van der Waals surface area contributed by atoms with E-state index in [4.69, 9.17) is 16.3 Å². The van der Waals surface area contributed by atoms with E-state index in [-0.39, 0.29) is 35.2 Å². The highest BCUT2D eigenvalue weighted by atomic mass is 35.5. The van der Waals surface area contributed by atoms with E-state index >= 15 is 0 Å². The van der Waals surface area contributed by atoms with Crippen molar-refractivity contribution < 1.29 is 42.2 Å². The molecule has 1 aliphatic carbocycles. The molecule has 3 aliphatic rings. The van der Waals surface area contributed by atoms with Crippen molar-refractivity contribution in [2.75, 3.05) is 12.4 Å². The molecule has 2 aliphatic heterocycles. The zero-order valence-electron chi connectivity index (χ0n) is 17.5. The molecule has 1 saturated heterocycles. The van der Waals surface area contributed by atoms with E-state index < -0.39 is 58.6 Å². The summed E-state index contributed by atoms with van der Waals surface area (Å²) < 4.78 is 45.4. The number of nitrogens with one attached hydrogen (secondary N) is 1. The lowest BCUT2D eigenvalue weighted by molar-refractivity contribution is -0.151. The fourth-order valence-corrected chi connectivity index (χ4v) is 5.56. The van der Waals surface area contributed by atoms with E-state index in [0.29, 0.717) is 12.8 Å². The predicted octanol–water partition coefficient (Wildman–Crippen LogP) is 1.73. The Morgan fingerprint density at radius 1 is 1.32 bits per heavy atom. The molecule has 10 nitrogen and oxygen atoms in total. The third-order valence-electron chi connectivity index (χ3n) is 5.47. The zero-order valence-corrected chi connectivity index (χ0v) is 19.1. The average Bonchev–Trinajstić information content (AvgIpc) is 3.51. The summed E-state index contributed by atoms with van der Waals surface area (Å²) in [5, 5.41) is 14.2. The van der Waals surface area contributed by atoms with Gasteiger partial charge in [0.1, 0.15) is 30.3 Å². The number of esters is 1. The first-order valence-electron chi connectivity index (χ1n) is 10.1. The number of aromatic nitrogens is 2. The van der Waals surface area contributed by atoms with Crippen LogP contribution in [0.1, 0.15) is 37.1 Å². The summed E-state index contributed by atoms with van der Waals surface area (Å²) in [4.78, 5) is 49.0. The molecule has 34 heavy (non-hydrogen) atoms. The molecular formula is C19H18ClF3N4O6S. The molecule has 0 spiro atoms. The number of β-lactam (4-membered cyclic amide) rings is 1. The predicted molar refractivity (Wildman–Crippen MR) is 111 cm³/mol. The van der Waals surface area contributed by atoms with E-state index in [1.165, 1.54) is 18.7 Å². The number of nitrogens with zero attached hydrogens (tertiary/aromatic N) is 3. The molecule has 0 aromatic carbocycles. The van der Waals surface area contributed by atoms with Crippen molar-refractivity contribution in [2.45, 2.75) is 49.8 Å². The summed E-state index contributed by atoms with van der Waals surface area (Å²) in [5.41, 5.74) is -1.22. The number of fused-ring (bicyclic) bond motifs is 1. The standard InChI is InChI=1S/C19H18ClF3N4O6S/c1-7(28)33-5-9-6-34-17-12(16(30)27(17)14(9)18(31)32)24-10(29)4-26-13(8-2-3-8)11(20)15(25-26)19(21,22)23/h8,12,17H,2-6H2,1H3,(H,24,29)(H,31,32)/t12-,17-/m1/s1. The first-order chi connectivity index (χ1) is 15.9. The molecule has 15 heteroatoms. The topological polar surface area (TPSA) is 131 Å². The quantitative estimate of drug-likeness (QED) is 0.409. The van der Waals surface area contributed by atoms with Crippen LogP contribution in [0.3, 0.4) is 0 Å². The van der Waals surface area contributed by atoms with E-state index in [1.807, 2.05) is 0 Å². The average molecular weight is 523 g/mol. The summed E-state index contributed by atoms with van der Waals surface area (Å²) in [6, 6.07) is -1.07. The van der Waals surface area contributed by atoms with Gasteiger partial charge in [-0.3, -0.25) is 24.0 Å². The number of halogens is 4. The van der Waals surface area contributed by atoms with Crippen LogP contribution >= 0.6 is 23.4 Å². The maximum absolute atomic E-state index is 13.2. The summed E-state index contributed by atoms with van der Waals surface area (Å²) in [5.74, 6) is -3.53. The van der Waals surface area contributed by atoms with Gasteiger partial charge in [-0.25, -0.2) is 4.79 Å². The van der Waals surface area contributed by atoms with Gasteiger partial charge in [0.2, 0.25) is 5.91 Å². The molecule has 2 amide bonds. The molecule has 0 unspecified atom stereocenters. The Bertz CT molecular complexity index is 1120. The molecular weight excluding hydrogens is 505 g/mol. The minimum atomic E-state index is -4.78. The van der Waals surface area contributed by atoms with Crippen LogP contribution in [0, 0.1) is 0 Å². The van der Waals surface area contributed by atoms with Crippen LogP contribution < -0.4 is 5.32 Å². The largest absolute Gasteiger partial charge is 0.477 e. The lowest BCUT2D eigenvalue weighted by Gasteiger charge is -2.49. The van der Waals surface area contributed by atoms with Gasteiger partial charge in [-0.1, -0.05) is 11.6 Å². The molecule has 2 fully saturated rings. The van der Waals surface area contributed by atoms with Crippen LogP contribution in [0.5, 0.6) is 0 Å². The van der Waals surface area contributed by atoms with Crippen molar-refractivity contribution in [1.82, 2.24) is 20.0 Å². The number of alkyl halides is 3. The summed E-state index contributed by atoms with van der Waals surface area (Å²) in [6.07, 6.45) is -3.53. The van der Waals surface area contributed by atoms with Crippen LogP contribution in [-0.4, -0.2) is 67.3 Å². The number of carbonyl (C=O) groups is 4. The van der Waals surface area contributed by atoms with E-state index in [2.05, 4.69) is 10.4 Å². The molecule has 4 rings (SSSR count). The van der Waals surface area contributed by atoms with Crippen molar-refractivity contribution >= 4 is 47.1 Å². The van der Waals surface area contributed by atoms with Crippen LogP contribution in [0.25, 0.3) is 0 Å². The highest BCUT2D eigenvalue weighted by molar-refractivity contribution is 8.00. The molecule has 0 radical (unpaired) electrons. The minimum Gasteiger partial charge on any atom is -0.477 e. The zero-order chi connectivity index (χ0) is 24.9. The summed E-state index contributed by atoms with van der Waals surface area (Å²) in [7, 11) is 0. The van der Waals surface area contributed by atoms with Crippen LogP contribution in [0.2, 0.25) is 5.02 Å². The van der Waals surface area contributed by atoms with E-state index in [1.54, 1.807) is 0 Å². The first kappa shape index (κ1) is 24.4. The Morgan fingerprint density at radius 2 is 2.00 bits per heavy atom. The van der Waals surface area contributed by atoms with Gasteiger partial charge < -0.3 is 15.2 Å². The Balaban J connectivity index is 1.48. The number of carboxylic acid groups (broad SMARTS) is 1. The molecule has 184 valence electrons. The third kappa shape index (κ3) is 4.48. The fourth-order valence-electron chi connectivity index (χ4n) is 3.84. The Hall–Kier alpha value is -2.74. The maximum atomic E-state index is 13.2. The smallest absolute Gasteiger partial charge is 0.436 e. The van der Waals surface area contributed by atoms with Gasteiger partial charge in [0.25, 0.3) is 5.91 Å². The molecule has 1 aromatic heterocycles. The summed E-state index contributed by atoms with van der Waals surface area (Å²) >= 11 is 7.07. The van der Waals surface area contributed by atoms with Gasteiger partial charge in [-0.2, -0.15) is 18.3 Å². The summed E-state index contributed by atoms with van der Waals surface area (Å²) in [6.45, 7) is 0.296. The number of rotatable bonds is 7. The number of amides is 2. The minimum absolute atomic E-state index is 0.129. The molecule has 1 saturated carbocycles. The SMILES string of the molecule is CC(=O)OCC1=C(C(=O)O)N2C(=O)[C@@H](NC(=O)Cn3nc(C(F)(F)F)c(Cl)c3C3CC3)[C@H]2SC1. The second-order valence-corrected chi connectivity index (χ2v) is 9.45. The molecule has 2 atom stereocenters. The van der Waals surface area contributed by atoms with Crippen molar-refractivity contribution in [2.24, 2.45) is 0 Å². The second kappa shape index (κ2) is 8.80. The van der Waals surface area contributed by atoms with Crippen LogP contribution in [0.15, 0.2) is 11.3 Å². The number of carbonyl (C=O) groups excluding carboxylic acids is 3. The van der Waals surface area contributed by atoms with E-state index in [0.717, 1.165) is 9.58 Å². The number of aliphatic carboxylic acids is 1. The van der Waals surface area contributed by atoms with Crippen LogP contribution in [0.4, 0.5) is 13.2 Å². The normalized spacial score (nSPS) is 22.3. The van der Waals surface area contributed by atoms with Gasteiger partial charge in [0.15, 0.2) is 5.69 Å². The van der Waals surface area contributed by atoms with Crippen LogP contribution in [-0.2, 0) is 36.6 Å². The highest BCUT2D eigenvalue weighted by Gasteiger charge is 2.54. The van der Waals surface area contributed by atoms with Gasteiger partial charge in [0, 0.05) is 24.2 Å². The molecule has 3 heterocycles. The van der Waals surface area contributed by atoms with Crippen molar-refractivity contribution in [3.63, 3.8) is 0 Å². The van der Waals surface area contributed by atoms with E-state index in [9.17, 15) is 37.5 Å². The Kier molecular flexibility index (Phi) is 6.31. The molecule has 2 N–H and O–H groups in total. The monoisotopic (exact) mass is 522 g/mol. The highest BCUT2D eigenvalue weighted by Crippen LogP contribution is 2.47. The van der Waals surface area contributed by atoms with Gasteiger partial charge >= 0.3 is 18.1 Å². The number of ether oxygens (including phenoxy) is 1. The van der Waals surface area contributed by atoms with Crippen molar-refractivity contribution in [1.29, 1.82) is 0 Å². The van der Waals surface area contributed by atoms with Gasteiger partial charge in [-0.15, -0.1) is 11.8 Å². The Morgan fingerprint density at radius 3 is 2.56 bits per heavy atom. The van der Waals surface area contributed by atoms with Gasteiger partial charge in [-0.05, 0) is 12.8 Å². The number of hydrogen-bond acceptors (Lipinski definition) is 7.